The third-order valence-electron chi connectivity index (χ3n) is 3.20. The van der Waals surface area contributed by atoms with Crippen molar-refractivity contribution in [3.63, 3.8) is 0 Å². The molecule has 5 heteroatoms. The van der Waals surface area contributed by atoms with Crippen molar-refractivity contribution in [3.05, 3.63) is 70.1 Å². The second-order valence-corrected chi connectivity index (χ2v) is 4.87. The van der Waals surface area contributed by atoms with Crippen molar-refractivity contribution < 1.29 is 4.52 Å². The molecule has 0 unspecified atom stereocenters. The zero-order valence-corrected chi connectivity index (χ0v) is 11.2. The fraction of sp³-hybridized carbons (Fsp3) is 0. The van der Waals surface area contributed by atoms with Crippen LogP contribution in [0.2, 0.25) is 0 Å². The zero-order chi connectivity index (χ0) is 13.5. The fourth-order valence-corrected chi connectivity index (χ4v) is 2.51. The van der Waals surface area contributed by atoms with Gasteiger partial charge in [0.05, 0.1) is 15.9 Å². The first-order chi connectivity index (χ1) is 9.83. The van der Waals surface area contributed by atoms with Gasteiger partial charge >= 0.3 is 0 Å². The largest absolute Gasteiger partial charge is 0.372 e. The molecular weight excluding hydrogens is 270 g/mol. The summed E-state index contributed by atoms with van der Waals surface area (Å²) in [5.41, 5.74) is 3.10. The van der Waals surface area contributed by atoms with Crippen molar-refractivity contribution >= 4 is 12.2 Å². The Morgan fingerprint density at radius 1 is 1.05 bits per heavy atom. The Kier molecular flexibility index (Phi) is 2.40. The smallest absolute Gasteiger partial charge is 0.192 e. The van der Waals surface area contributed by atoms with E-state index >= 15 is 0 Å². The Morgan fingerprint density at radius 2 is 1.90 bits per heavy atom. The maximum absolute atomic E-state index is 5.95. The van der Waals surface area contributed by atoms with Gasteiger partial charge in [0.15, 0.2) is 5.42 Å². The predicted octanol–water partition coefficient (Wildman–Crippen LogP) is 3.42. The number of hydrogen-bond donors (Lipinski definition) is 0. The molecule has 1 aromatic carbocycles. The van der Waals surface area contributed by atoms with E-state index in [9.17, 15) is 0 Å². The number of benzene rings is 1. The summed E-state index contributed by atoms with van der Waals surface area (Å²) in [6.07, 6.45) is 3.38. The third kappa shape index (κ3) is 1.64. The van der Waals surface area contributed by atoms with Gasteiger partial charge < -0.3 is 4.52 Å². The fourth-order valence-electron chi connectivity index (χ4n) is 2.23. The standard InChI is InChI=1S/C15H9N3OS/c20-13-8-12-14(17-9-16-12)15-11(13)6-7-18(19-15)10-4-2-1-3-5-10/h1-9H. The molecule has 4 nitrogen and oxygen atoms in total. The molecule has 2 heterocycles. The monoisotopic (exact) mass is 279 g/mol. The highest BCUT2D eigenvalue weighted by atomic mass is 32.1. The van der Waals surface area contributed by atoms with Crippen molar-refractivity contribution in [3.8, 4) is 17.1 Å². The van der Waals surface area contributed by atoms with Crippen LogP contribution in [0.4, 0.5) is 0 Å². The van der Waals surface area contributed by atoms with Crippen LogP contribution >= 0.6 is 12.2 Å². The number of rotatable bonds is 1. The van der Waals surface area contributed by atoms with Crippen LogP contribution in [-0.2, 0) is 0 Å². The molecule has 0 N–H and O–H groups in total. The molecule has 20 heavy (non-hydrogen) atoms. The minimum Gasteiger partial charge on any atom is -0.372 e. The van der Waals surface area contributed by atoms with Gasteiger partial charge in [-0.05, 0) is 24.3 Å². The molecule has 1 aliphatic carbocycles. The topological polar surface area (TPSA) is 43.9 Å². The minimum atomic E-state index is 0.663. The molecule has 0 saturated carbocycles. The van der Waals surface area contributed by atoms with E-state index in [4.69, 9.17) is 16.7 Å². The Balaban J connectivity index is 2.11. The van der Waals surface area contributed by atoms with Gasteiger partial charge in [0.1, 0.15) is 12.0 Å². The van der Waals surface area contributed by atoms with Gasteiger partial charge in [-0.15, -0.1) is 0 Å². The lowest BCUT2D eigenvalue weighted by atomic mass is 10.2. The lowest BCUT2D eigenvalue weighted by Gasteiger charge is -2.06. The van der Waals surface area contributed by atoms with Crippen LogP contribution in [0.3, 0.4) is 0 Å². The van der Waals surface area contributed by atoms with E-state index in [1.54, 1.807) is 4.74 Å². The first-order valence-corrected chi connectivity index (χ1v) is 6.55. The van der Waals surface area contributed by atoms with E-state index in [0.29, 0.717) is 5.42 Å². The second-order valence-electron chi connectivity index (χ2n) is 4.43. The highest BCUT2D eigenvalue weighted by Gasteiger charge is 2.12. The predicted molar refractivity (Wildman–Crippen MR) is 76.4 cm³/mol. The summed E-state index contributed by atoms with van der Waals surface area (Å²) in [4.78, 5) is 8.44. The van der Waals surface area contributed by atoms with Crippen molar-refractivity contribution in [1.82, 2.24) is 14.7 Å². The molecule has 0 radical (unpaired) electrons. The van der Waals surface area contributed by atoms with E-state index in [2.05, 4.69) is 9.97 Å². The van der Waals surface area contributed by atoms with Crippen molar-refractivity contribution in [2.75, 3.05) is 0 Å². The Labute approximate surface area is 119 Å². The normalized spacial score (nSPS) is 11.2. The molecule has 1 aromatic rings. The van der Waals surface area contributed by atoms with Gasteiger partial charge in [-0.1, -0.05) is 30.4 Å². The van der Waals surface area contributed by atoms with Crippen LogP contribution < -0.4 is 0 Å². The van der Waals surface area contributed by atoms with Crippen LogP contribution in [0.5, 0.6) is 0 Å². The van der Waals surface area contributed by atoms with Crippen molar-refractivity contribution in [2.24, 2.45) is 0 Å². The molecular formula is C15H9N3OS. The summed E-state index contributed by atoms with van der Waals surface area (Å²) in [7, 11) is 0. The number of para-hydroxylation sites is 1. The Morgan fingerprint density at radius 3 is 2.75 bits per heavy atom. The molecule has 0 amide bonds. The molecule has 0 bridgehead atoms. The highest BCUT2D eigenvalue weighted by Crippen LogP contribution is 2.21. The zero-order valence-electron chi connectivity index (χ0n) is 10.4. The quantitative estimate of drug-likeness (QED) is 0.501. The maximum atomic E-state index is 5.95. The van der Waals surface area contributed by atoms with Crippen LogP contribution in [0.1, 0.15) is 0 Å². The summed E-state index contributed by atoms with van der Waals surface area (Å²) in [6.45, 7) is 0. The van der Waals surface area contributed by atoms with E-state index in [-0.39, 0.29) is 0 Å². The number of fused-ring (bicyclic) bond motifs is 2. The van der Waals surface area contributed by atoms with E-state index in [0.717, 1.165) is 26.8 Å². The summed E-state index contributed by atoms with van der Waals surface area (Å²) in [6, 6.07) is 13.6. The average Bonchev–Trinajstić information content (AvgIpc) is 2.96. The van der Waals surface area contributed by atoms with Gasteiger partial charge in [0.2, 0.25) is 0 Å². The molecule has 2 aliphatic heterocycles. The number of imidazole rings is 1. The molecule has 0 saturated heterocycles. The van der Waals surface area contributed by atoms with Crippen LogP contribution in [-0.4, -0.2) is 14.7 Å². The van der Waals surface area contributed by atoms with Crippen molar-refractivity contribution in [2.45, 2.75) is 0 Å². The van der Waals surface area contributed by atoms with Crippen LogP contribution in [0.25, 0.3) is 17.1 Å². The van der Waals surface area contributed by atoms with Gasteiger partial charge in [-0.3, -0.25) is 0 Å². The Hall–Kier alpha value is -2.53. The van der Waals surface area contributed by atoms with Crippen molar-refractivity contribution in [1.29, 1.82) is 0 Å². The molecule has 0 atom stereocenters. The SMILES string of the molecule is S=c1cc2ncnc-2c2on(-c3ccccc3)ccc1=2. The summed E-state index contributed by atoms with van der Waals surface area (Å²) < 4.78 is 8.37. The van der Waals surface area contributed by atoms with Gasteiger partial charge in [0.25, 0.3) is 0 Å². The second kappa shape index (κ2) is 4.25. The van der Waals surface area contributed by atoms with Gasteiger partial charge in [0, 0.05) is 11.4 Å². The average molecular weight is 279 g/mol. The first-order valence-electron chi connectivity index (χ1n) is 6.15. The van der Waals surface area contributed by atoms with E-state index < -0.39 is 0 Å². The first kappa shape index (κ1) is 11.3. The molecule has 96 valence electrons. The summed E-state index contributed by atoms with van der Waals surface area (Å²) in [5, 5.41) is 0.875. The van der Waals surface area contributed by atoms with Crippen LogP contribution in [0, 0.1) is 15.1 Å². The molecule has 3 aliphatic rings. The molecule has 4 rings (SSSR count). The van der Waals surface area contributed by atoms with E-state index in [1.165, 1.54) is 6.33 Å². The number of nitrogens with zero attached hydrogens (tertiary/aromatic N) is 3. The summed E-state index contributed by atoms with van der Waals surface area (Å²) >= 11 is 5.37. The molecule has 0 aromatic heterocycles. The summed E-state index contributed by atoms with van der Waals surface area (Å²) in [5.74, 6) is 0. The van der Waals surface area contributed by atoms with Crippen LogP contribution in [0.15, 0.2) is 59.5 Å². The molecule has 0 spiro atoms. The number of aromatic nitrogens is 3. The number of hydrogen-bond acceptors (Lipinski definition) is 4. The van der Waals surface area contributed by atoms with E-state index in [1.807, 2.05) is 48.7 Å². The Bertz CT molecular complexity index is 974. The lowest BCUT2D eigenvalue weighted by molar-refractivity contribution is 0.308. The minimum absolute atomic E-state index is 0.663. The van der Waals surface area contributed by atoms with Gasteiger partial charge in [-0.2, -0.15) is 4.74 Å². The maximum Gasteiger partial charge on any atom is 0.192 e. The molecule has 0 fully saturated rings. The third-order valence-corrected chi connectivity index (χ3v) is 3.53. The highest BCUT2D eigenvalue weighted by molar-refractivity contribution is 7.71. The van der Waals surface area contributed by atoms with Gasteiger partial charge in [-0.25, -0.2) is 9.97 Å². The lowest BCUT2D eigenvalue weighted by Crippen LogP contribution is -1.97.